The Morgan fingerprint density at radius 2 is 1.92 bits per heavy atom. The normalized spacial score (nSPS) is 23.4. The summed E-state index contributed by atoms with van der Waals surface area (Å²) in [4.78, 5) is 22.4. The van der Waals surface area contributed by atoms with Gasteiger partial charge in [0, 0.05) is 5.92 Å². The molecule has 1 aliphatic carbocycles. The van der Waals surface area contributed by atoms with Gasteiger partial charge in [0.2, 0.25) is 11.6 Å². The Hall–Kier alpha value is -1.18. The van der Waals surface area contributed by atoms with Gasteiger partial charge in [0.15, 0.2) is 0 Å². The molecule has 1 aliphatic rings. The third-order valence-corrected chi connectivity index (χ3v) is 1.94. The standard InChI is InChI=1S/C10H12O2/c1-7(2)8-5-3-4-6-9(11)10(8)12/h3-8H,1-2H3. The lowest BCUT2D eigenvalue weighted by Gasteiger charge is -2.11. The van der Waals surface area contributed by atoms with Crippen LogP contribution >= 0.6 is 0 Å². The van der Waals surface area contributed by atoms with E-state index in [0.29, 0.717) is 0 Å². The van der Waals surface area contributed by atoms with Gasteiger partial charge in [-0.15, -0.1) is 0 Å². The van der Waals surface area contributed by atoms with Crippen molar-refractivity contribution in [1.82, 2.24) is 0 Å². The van der Waals surface area contributed by atoms with Crippen molar-refractivity contribution in [2.24, 2.45) is 11.8 Å². The Kier molecular flexibility index (Phi) is 2.58. The number of Topliss-reactive ketones (excluding diaryl/α,β-unsaturated/α-hetero) is 1. The SMILES string of the molecule is CC(C)C1C=CC=CC(=O)C1=O. The van der Waals surface area contributed by atoms with E-state index in [2.05, 4.69) is 0 Å². The predicted octanol–water partition coefficient (Wildman–Crippen LogP) is 1.52. The van der Waals surface area contributed by atoms with Gasteiger partial charge < -0.3 is 0 Å². The van der Waals surface area contributed by atoms with Crippen LogP contribution in [0.5, 0.6) is 0 Å². The Morgan fingerprint density at radius 1 is 1.25 bits per heavy atom. The minimum atomic E-state index is -0.390. The zero-order valence-electron chi connectivity index (χ0n) is 7.28. The molecule has 2 heteroatoms. The molecule has 0 spiro atoms. The van der Waals surface area contributed by atoms with Gasteiger partial charge in [-0.25, -0.2) is 0 Å². The first-order chi connectivity index (χ1) is 5.63. The van der Waals surface area contributed by atoms with E-state index in [9.17, 15) is 9.59 Å². The number of carbonyl (C=O) groups is 2. The smallest absolute Gasteiger partial charge is 0.222 e. The number of hydrogen-bond acceptors (Lipinski definition) is 2. The average Bonchev–Trinajstić information content (AvgIpc) is 2.15. The highest BCUT2D eigenvalue weighted by Crippen LogP contribution is 2.16. The topological polar surface area (TPSA) is 34.1 Å². The summed E-state index contributed by atoms with van der Waals surface area (Å²) in [5.41, 5.74) is 0. The predicted molar refractivity (Wildman–Crippen MR) is 46.6 cm³/mol. The summed E-state index contributed by atoms with van der Waals surface area (Å²) in [6.07, 6.45) is 6.48. The summed E-state index contributed by atoms with van der Waals surface area (Å²) in [5.74, 6) is -0.737. The highest BCUT2D eigenvalue weighted by atomic mass is 16.2. The maximum Gasteiger partial charge on any atom is 0.222 e. The van der Waals surface area contributed by atoms with Crippen molar-refractivity contribution in [3.63, 3.8) is 0 Å². The summed E-state index contributed by atoms with van der Waals surface area (Å²) < 4.78 is 0. The summed E-state index contributed by atoms with van der Waals surface area (Å²) in [5, 5.41) is 0. The molecule has 0 radical (unpaired) electrons. The monoisotopic (exact) mass is 164 g/mol. The van der Waals surface area contributed by atoms with Crippen LogP contribution in [0.15, 0.2) is 24.3 Å². The molecule has 0 saturated heterocycles. The molecule has 2 nitrogen and oxygen atoms in total. The maximum atomic E-state index is 11.3. The van der Waals surface area contributed by atoms with Crippen molar-refractivity contribution in [3.05, 3.63) is 24.3 Å². The summed E-state index contributed by atoms with van der Waals surface area (Å²) in [7, 11) is 0. The van der Waals surface area contributed by atoms with Gasteiger partial charge in [-0.1, -0.05) is 32.1 Å². The molecule has 0 aromatic carbocycles. The number of hydrogen-bond donors (Lipinski definition) is 0. The highest BCUT2D eigenvalue weighted by molar-refractivity contribution is 6.42. The Balaban J connectivity index is 2.90. The van der Waals surface area contributed by atoms with E-state index in [-0.39, 0.29) is 17.6 Å². The molecule has 0 aromatic rings. The van der Waals surface area contributed by atoms with Gasteiger partial charge in [0.05, 0.1) is 0 Å². The molecule has 0 aromatic heterocycles. The highest BCUT2D eigenvalue weighted by Gasteiger charge is 2.24. The Bertz CT molecular complexity index is 259. The molecule has 0 saturated carbocycles. The minimum absolute atomic E-state index is 0.192. The zero-order chi connectivity index (χ0) is 9.14. The van der Waals surface area contributed by atoms with Crippen LogP contribution in [0.3, 0.4) is 0 Å². The largest absolute Gasteiger partial charge is 0.290 e. The molecule has 0 aliphatic heterocycles. The summed E-state index contributed by atoms with van der Waals surface area (Å²) >= 11 is 0. The fraction of sp³-hybridized carbons (Fsp3) is 0.400. The van der Waals surface area contributed by atoms with Crippen LogP contribution in [0.4, 0.5) is 0 Å². The number of carbonyl (C=O) groups excluding carboxylic acids is 2. The lowest BCUT2D eigenvalue weighted by atomic mass is 9.90. The van der Waals surface area contributed by atoms with Crippen molar-refractivity contribution in [3.8, 4) is 0 Å². The molecule has 12 heavy (non-hydrogen) atoms. The lowest BCUT2D eigenvalue weighted by molar-refractivity contribution is -0.136. The van der Waals surface area contributed by atoms with E-state index >= 15 is 0 Å². The van der Waals surface area contributed by atoms with E-state index in [1.54, 1.807) is 18.2 Å². The Morgan fingerprint density at radius 3 is 2.50 bits per heavy atom. The number of ketones is 2. The first-order valence-electron chi connectivity index (χ1n) is 4.06. The Labute approximate surface area is 72.0 Å². The van der Waals surface area contributed by atoms with Gasteiger partial charge in [0.25, 0.3) is 0 Å². The molecule has 0 heterocycles. The first kappa shape index (κ1) is 8.91. The van der Waals surface area contributed by atoms with Gasteiger partial charge in [-0.05, 0) is 12.0 Å². The summed E-state index contributed by atoms with van der Waals surface area (Å²) in [6, 6.07) is 0. The van der Waals surface area contributed by atoms with Crippen molar-refractivity contribution in [1.29, 1.82) is 0 Å². The second kappa shape index (κ2) is 3.48. The van der Waals surface area contributed by atoms with Gasteiger partial charge >= 0.3 is 0 Å². The van der Waals surface area contributed by atoms with Crippen LogP contribution in [0.1, 0.15) is 13.8 Å². The van der Waals surface area contributed by atoms with Crippen LogP contribution in [0, 0.1) is 11.8 Å². The van der Waals surface area contributed by atoms with Crippen LogP contribution < -0.4 is 0 Å². The molecule has 0 bridgehead atoms. The quantitative estimate of drug-likeness (QED) is 0.551. The second-order valence-electron chi connectivity index (χ2n) is 3.24. The minimum Gasteiger partial charge on any atom is -0.290 e. The first-order valence-corrected chi connectivity index (χ1v) is 4.06. The molecule has 0 N–H and O–H groups in total. The van der Waals surface area contributed by atoms with Crippen molar-refractivity contribution < 1.29 is 9.59 Å². The molecule has 1 unspecified atom stereocenters. The van der Waals surface area contributed by atoms with E-state index in [4.69, 9.17) is 0 Å². The molecule has 0 fully saturated rings. The maximum absolute atomic E-state index is 11.3. The zero-order valence-corrected chi connectivity index (χ0v) is 7.28. The third kappa shape index (κ3) is 1.70. The van der Waals surface area contributed by atoms with Crippen molar-refractivity contribution in [2.75, 3.05) is 0 Å². The van der Waals surface area contributed by atoms with Crippen molar-refractivity contribution >= 4 is 11.6 Å². The average molecular weight is 164 g/mol. The summed E-state index contributed by atoms with van der Waals surface area (Å²) in [6.45, 7) is 3.87. The molecule has 64 valence electrons. The van der Waals surface area contributed by atoms with Crippen LogP contribution in [-0.2, 0) is 9.59 Å². The molecular formula is C10H12O2. The fourth-order valence-electron chi connectivity index (χ4n) is 1.19. The number of allylic oxidation sites excluding steroid dienone is 4. The second-order valence-corrected chi connectivity index (χ2v) is 3.24. The van der Waals surface area contributed by atoms with Gasteiger partial charge in [0.1, 0.15) is 0 Å². The van der Waals surface area contributed by atoms with E-state index in [0.717, 1.165) is 0 Å². The van der Waals surface area contributed by atoms with E-state index in [1.165, 1.54) is 6.08 Å². The van der Waals surface area contributed by atoms with Gasteiger partial charge in [-0.3, -0.25) is 9.59 Å². The molecular weight excluding hydrogens is 152 g/mol. The van der Waals surface area contributed by atoms with E-state index in [1.807, 2.05) is 13.8 Å². The molecule has 1 atom stereocenters. The third-order valence-electron chi connectivity index (χ3n) is 1.94. The van der Waals surface area contributed by atoms with Crippen LogP contribution in [-0.4, -0.2) is 11.6 Å². The molecule has 1 rings (SSSR count). The van der Waals surface area contributed by atoms with E-state index < -0.39 is 5.78 Å². The lowest BCUT2D eigenvalue weighted by Crippen LogP contribution is -2.23. The van der Waals surface area contributed by atoms with Gasteiger partial charge in [-0.2, -0.15) is 0 Å². The van der Waals surface area contributed by atoms with Crippen LogP contribution in [0.25, 0.3) is 0 Å². The number of rotatable bonds is 1. The van der Waals surface area contributed by atoms with Crippen molar-refractivity contribution in [2.45, 2.75) is 13.8 Å². The fourth-order valence-corrected chi connectivity index (χ4v) is 1.19. The van der Waals surface area contributed by atoms with Crippen LogP contribution in [0.2, 0.25) is 0 Å². The molecule has 0 amide bonds.